The van der Waals surface area contributed by atoms with E-state index >= 15 is 0 Å². The van der Waals surface area contributed by atoms with Gasteiger partial charge in [-0.15, -0.1) is 0 Å². The molecule has 1 heterocycles. The minimum absolute atomic E-state index is 0.352. The molecule has 2 fully saturated rings. The third-order valence-electron chi connectivity index (χ3n) is 7.70. The zero-order valence-electron chi connectivity index (χ0n) is 25.6. The summed E-state index contributed by atoms with van der Waals surface area (Å²) < 4.78 is 28.3. The van der Waals surface area contributed by atoms with Crippen molar-refractivity contribution in [3.63, 3.8) is 0 Å². The van der Waals surface area contributed by atoms with Crippen LogP contribution in [0.5, 0.6) is 5.75 Å². The third kappa shape index (κ3) is 8.92. The molecule has 228 valence electrons. The number of carbonyl (C=O) groups excluding carboxylic acids is 2. The lowest BCUT2D eigenvalue weighted by Crippen LogP contribution is -2.40. The van der Waals surface area contributed by atoms with Crippen LogP contribution in [-0.2, 0) is 28.5 Å². The molecule has 1 aliphatic heterocycles. The van der Waals surface area contributed by atoms with Crippen LogP contribution in [0.25, 0.3) is 11.1 Å². The van der Waals surface area contributed by atoms with Crippen molar-refractivity contribution in [1.82, 2.24) is 0 Å². The van der Waals surface area contributed by atoms with Gasteiger partial charge in [-0.3, -0.25) is 0 Å². The van der Waals surface area contributed by atoms with E-state index in [4.69, 9.17) is 23.7 Å². The zero-order valence-corrected chi connectivity index (χ0v) is 25.6. The van der Waals surface area contributed by atoms with Crippen LogP contribution < -0.4 is 4.74 Å². The lowest BCUT2D eigenvalue weighted by Gasteiger charge is -2.26. The molecule has 0 spiro atoms. The molecular formula is C35H46O7. The van der Waals surface area contributed by atoms with E-state index in [1.54, 1.807) is 27.7 Å². The van der Waals surface area contributed by atoms with Crippen LogP contribution in [0.15, 0.2) is 60.7 Å². The molecule has 0 aromatic heterocycles. The highest BCUT2D eigenvalue weighted by atomic mass is 16.8. The number of ether oxygens (including phenoxy) is 5. The van der Waals surface area contributed by atoms with E-state index in [2.05, 4.69) is 19.1 Å². The van der Waals surface area contributed by atoms with Crippen molar-refractivity contribution in [3.8, 4) is 16.9 Å². The first-order valence-corrected chi connectivity index (χ1v) is 15.4. The summed E-state index contributed by atoms with van der Waals surface area (Å²) in [5, 5.41) is 0. The Hall–Kier alpha value is -3.16. The molecule has 0 unspecified atom stereocenters. The Bertz CT molecular complexity index is 1130. The molecule has 0 radical (unpaired) electrons. The van der Waals surface area contributed by atoms with Gasteiger partial charge >= 0.3 is 11.9 Å². The number of carbonyl (C=O) groups is 2. The van der Waals surface area contributed by atoms with E-state index in [1.807, 2.05) is 48.5 Å². The number of hydrogen-bond acceptors (Lipinski definition) is 7. The topological polar surface area (TPSA) is 80.3 Å². The highest BCUT2D eigenvalue weighted by Crippen LogP contribution is 2.35. The molecule has 1 saturated carbocycles. The lowest BCUT2D eigenvalue weighted by atomic mass is 9.80. The van der Waals surface area contributed by atoms with Crippen LogP contribution in [0.2, 0.25) is 0 Å². The highest BCUT2D eigenvalue weighted by molar-refractivity contribution is 5.86. The number of hydrogen-bond donors (Lipinski definition) is 0. The molecule has 42 heavy (non-hydrogen) atoms. The van der Waals surface area contributed by atoms with Crippen molar-refractivity contribution in [1.29, 1.82) is 0 Å². The maximum absolute atomic E-state index is 12.6. The first kappa shape index (κ1) is 31.8. The highest BCUT2D eigenvalue weighted by Gasteiger charge is 2.48. The van der Waals surface area contributed by atoms with E-state index in [0.29, 0.717) is 18.1 Å². The smallest absolute Gasteiger partial charge is 0.339 e. The van der Waals surface area contributed by atoms with E-state index in [0.717, 1.165) is 22.8 Å². The summed E-state index contributed by atoms with van der Waals surface area (Å²) in [6.07, 6.45) is 8.45. The largest absolute Gasteiger partial charge is 0.490 e. The lowest BCUT2D eigenvalue weighted by molar-refractivity contribution is -0.167. The zero-order chi connectivity index (χ0) is 30.1. The molecule has 2 aromatic carbocycles. The molecule has 7 nitrogen and oxygen atoms in total. The maximum atomic E-state index is 12.6. The Morgan fingerprint density at radius 1 is 0.810 bits per heavy atom. The van der Waals surface area contributed by atoms with Crippen molar-refractivity contribution < 1.29 is 33.3 Å². The second-order valence-electron chi connectivity index (χ2n) is 11.9. The molecule has 0 amide bonds. The number of rotatable bonds is 12. The van der Waals surface area contributed by atoms with Crippen LogP contribution in [0.1, 0.15) is 85.0 Å². The van der Waals surface area contributed by atoms with Crippen LogP contribution in [0.4, 0.5) is 0 Å². The Morgan fingerprint density at radius 3 is 1.83 bits per heavy atom. The first-order valence-electron chi connectivity index (χ1n) is 15.4. The van der Waals surface area contributed by atoms with Crippen LogP contribution >= 0.6 is 0 Å². The summed E-state index contributed by atoms with van der Waals surface area (Å²) in [5.41, 5.74) is 2.73. The van der Waals surface area contributed by atoms with Gasteiger partial charge in [0.15, 0.2) is 18.5 Å². The minimum atomic E-state index is -1.20. The molecule has 0 bridgehead atoms. The molecule has 2 aromatic rings. The average molecular weight is 579 g/mol. The predicted molar refractivity (Wildman–Crippen MR) is 162 cm³/mol. The van der Waals surface area contributed by atoms with E-state index in [1.165, 1.54) is 38.5 Å². The molecule has 7 heteroatoms. The fraction of sp³-hybridized carbons (Fsp3) is 0.543. The molecule has 1 saturated heterocycles. The summed E-state index contributed by atoms with van der Waals surface area (Å²) in [6.45, 7) is 9.80. The second-order valence-corrected chi connectivity index (χ2v) is 11.9. The van der Waals surface area contributed by atoms with Gasteiger partial charge in [0.1, 0.15) is 12.4 Å². The fourth-order valence-electron chi connectivity index (χ4n) is 5.60. The summed E-state index contributed by atoms with van der Waals surface area (Å²) in [7, 11) is 0. The molecule has 2 atom stereocenters. The Morgan fingerprint density at radius 2 is 1.33 bits per heavy atom. The molecule has 4 rings (SSSR count). The van der Waals surface area contributed by atoms with E-state index < -0.39 is 30.4 Å². The van der Waals surface area contributed by atoms with Crippen LogP contribution in [0.3, 0.4) is 0 Å². The van der Waals surface area contributed by atoms with Crippen molar-refractivity contribution in [2.45, 2.75) is 104 Å². The first-order chi connectivity index (χ1) is 20.2. The number of benzene rings is 2. The summed E-state index contributed by atoms with van der Waals surface area (Å²) >= 11 is 0. The van der Waals surface area contributed by atoms with Gasteiger partial charge in [-0.05, 0) is 88.5 Å². The second kappa shape index (κ2) is 15.4. The standard InChI is InChI=1S/C35H46O7/c1-6-8-25-10-12-26(13-11-25)9-7-22-38-30-20-18-28(19-21-30)27-14-16-29(17-15-27)35-41-31(33(36)39-23(2)3)32(42-35)34(37)40-24(4)5/h7,9,14-21,23-26,31-32,35H,6,8,10-13,22H2,1-5H3/t25-,26-,31-,32-/m1/s1. The Balaban J connectivity index is 1.31. The normalized spacial score (nSPS) is 23.0. The minimum Gasteiger partial charge on any atom is -0.490 e. The molecule has 0 N–H and O–H groups in total. The predicted octanol–water partition coefficient (Wildman–Crippen LogP) is 7.58. The van der Waals surface area contributed by atoms with Gasteiger partial charge < -0.3 is 23.7 Å². The van der Waals surface area contributed by atoms with Gasteiger partial charge in [0, 0.05) is 5.56 Å². The third-order valence-corrected chi connectivity index (χ3v) is 7.70. The monoisotopic (exact) mass is 578 g/mol. The van der Waals surface area contributed by atoms with Gasteiger partial charge in [0.2, 0.25) is 0 Å². The van der Waals surface area contributed by atoms with E-state index in [9.17, 15) is 9.59 Å². The van der Waals surface area contributed by atoms with Gasteiger partial charge in [0.05, 0.1) is 12.2 Å². The Labute approximate surface area is 250 Å². The quantitative estimate of drug-likeness (QED) is 0.190. The van der Waals surface area contributed by atoms with Gasteiger partial charge in [0.25, 0.3) is 0 Å². The maximum Gasteiger partial charge on any atom is 0.339 e. The molecule has 2 aliphatic rings. The number of allylic oxidation sites excluding steroid dienone is 1. The van der Waals surface area contributed by atoms with Crippen molar-refractivity contribution in [2.75, 3.05) is 6.61 Å². The number of esters is 2. The van der Waals surface area contributed by atoms with Gasteiger partial charge in [-0.25, -0.2) is 9.59 Å². The van der Waals surface area contributed by atoms with Crippen LogP contribution in [0, 0.1) is 11.8 Å². The summed E-state index contributed by atoms with van der Waals surface area (Å²) in [6, 6.07) is 15.7. The van der Waals surface area contributed by atoms with Crippen molar-refractivity contribution >= 4 is 11.9 Å². The summed E-state index contributed by atoms with van der Waals surface area (Å²) in [5.74, 6) is 1.14. The summed E-state index contributed by atoms with van der Waals surface area (Å²) in [4.78, 5) is 25.3. The molecular weight excluding hydrogens is 532 g/mol. The Kier molecular flexibility index (Phi) is 11.6. The van der Waals surface area contributed by atoms with Gasteiger partial charge in [-0.1, -0.05) is 68.3 Å². The fourth-order valence-corrected chi connectivity index (χ4v) is 5.60. The van der Waals surface area contributed by atoms with Crippen molar-refractivity contribution in [2.24, 2.45) is 11.8 Å². The van der Waals surface area contributed by atoms with Crippen LogP contribution in [-0.4, -0.2) is 43.0 Å². The van der Waals surface area contributed by atoms with Gasteiger partial charge in [-0.2, -0.15) is 0 Å². The SMILES string of the molecule is CCC[C@H]1CC[C@H](C=CCOc2ccc(-c3ccc(C4O[C@@H](C(=O)OC(C)C)[C@H](C(=O)OC(C)C)O4)cc3)cc2)CC1. The van der Waals surface area contributed by atoms with E-state index in [-0.39, 0.29) is 12.2 Å². The van der Waals surface area contributed by atoms with Crippen molar-refractivity contribution in [3.05, 3.63) is 66.2 Å². The average Bonchev–Trinajstić information content (AvgIpc) is 3.42. The molecule has 1 aliphatic carbocycles.